The molecule has 0 radical (unpaired) electrons. The molecule has 8 heteroatoms. The molecule has 1 fully saturated rings. The number of piperidine rings is 1. The number of amides is 1. The quantitative estimate of drug-likeness (QED) is 0.872. The smallest absolute Gasteiger partial charge is 0.270 e. The first-order valence-electron chi connectivity index (χ1n) is 7.06. The van der Waals surface area contributed by atoms with E-state index in [0.29, 0.717) is 23.4 Å². The molecule has 1 unspecified atom stereocenters. The molecule has 112 valence electrons. The first-order chi connectivity index (χ1) is 10.2. The highest BCUT2D eigenvalue weighted by Gasteiger charge is 2.27. The normalized spacial score (nSPS) is 18.9. The van der Waals surface area contributed by atoms with E-state index in [2.05, 4.69) is 25.2 Å². The van der Waals surface area contributed by atoms with E-state index in [4.69, 9.17) is 0 Å². The molecule has 0 aliphatic carbocycles. The number of aromatic nitrogens is 3. The third-order valence-electron chi connectivity index (χ3n) is 3.60. The molecule has 1 saturated heterocycles. The van der Waals surface area contributed by atoms with Crippen molar-refractivity contribution in [3.63, 3.8) is 0 Å². The Morgan fingerprint density at radius 1 is 1.62 bits per heavy atom. The van der Waals surface area contributed by atoms with Gasteiger partial charge in [0.2, 0.25) is 5.91 Å². The zero-order valence-electron chi connectivity index (χ0n) is 11.8. The molecular formula is C13H17N5O2S. The fraction of sp³-hybridized carbons (Fsp3) is 0.538. The molecule has 2 aromatic heterocycles. The number of hydrogen-bond acceptors (Lipinski definition) is 6. The van der Waals surface area contributed by atoms with Crippen LogP contribution in [0.2, 0.25) is 0 Å². The Morgan fingerprint density at radius 2 is 2.48 bits per heavy atom. The zero-order valence-corrected chi connectivity index (χ0v) is 12.6. The van der Waals surface area contributed by atoms with Gasteiger partial charge < -0.3 is 15.2 Å². The van der Waals surface area contributed by atoms with E-state index in [1.54, 1.807) is 0 Å². The number of aromatic amines is 1. The number of thiazole rings is 1. The number of rotatable bonds is 3. The fourth-order valence-corrected chi connectivity index (χ4v) is 3.52. The number of anilines is 1. The molecular weight excluding hydrogens is 290 g/mol. The van der Waals surface area contributed by atoms with E-state index < -0.39 is 0 Å². The van der Waals surface area contributed by atoms with Crippen LogP contribution in [-0.2, 0) is 4.79 Å². The molecule has 3 heterocycles. The predicted octanol–water partition coefficient (Wildman–Crippen LogP) is 0.732. The van der Waals surface area contributed by atoms with Gasteiger partial charge in [0.05, 0.1) is 12.2 Å². The molecule has 2 aromatic rings. The highest BCUT2D eigenvalue weighted by Crippen LogP contribution is 2.29. The first kappa shape index (κ1) is 14.0. The van der Waals surface area contributed by atoms with Crippen LogP contribution in [0.15, 0.2) is 11.1 Å². The highest BCUT2D eigenvalue weighted by atomic mass is 32.1. The fourth-order valence-electron chi connectivity index (χ4n) is 2.57. The summed E-state index contributed by atoms with van der Waals surface area (Å²) in [6.07, 6.45) is 3.20. The lowest BCUT2D eigenvalue weighted by atomic mass is 9.97. The summed E-state index contributed by atoms with van der Waals surface area (Å²) < 4.78 is 0.535. The lowest BCUT2D eigenvalue weighted by molar-refractivity contribution is -0.125. The van der Waals surface area contributed by atoms with Crippen LogP contribution in [0.1, 0.15) is 19.8 Å². The van der Waals surface area contributed by atoms with Gasteiger partial charge in [0.25, 0.3) is 5.56 Å². The largest absolute Gasteiger partial charge is 0.356 e. The number of nitrogens with one attached hydrogen (secondary N) is 2. The average molecular weight is 307 g/mol. The summed E-state index contributed by atoms with van der Waals surface area (Å²) in [4.78, 5) is 36.8. The van der Waals surface area contributed by atoms with Gasteiger partial charge in [-0.1, -0.05) is 11.3 Å². The minimum Gasteiger partial charge on any atom is -0.356 e. The third kappa shape index (κ3) is 2.76. The van der Waals surface area contributed by atoms with Gasteiger partial charge in [-0.05, 0) is 19.8 Å². The molecule has 1 atom stereocenters. The zero-order chi connectivity index (χ0) is 14.8. The summed E-state index contributed by atoms with van der Waals surface area (Å²) in [6, 6.07) is 0. The topological polar surface area (TPSA) is 91.0 Å². The number of H-pyrrole nitrogens is 1. The minimum absolute atomic E-state index is 0.0167. The summed E-state index contributed by atoms with van der Waals surface area (Å²) >= 11 is 1.33. The van der Waals surface area contributed by atoms with E-state index in [0.717, 1.165) is 24.5 Å². The lowest BCUT2D eigenvalue weighted by Gasteiger charge is -2.31. The maximum Gasteiger partial charge on any atom is 0.270 e. The van der Waals surface area contributed by atoms with Crippen LogP contribution in [0.25, 0.3) is 10.3 Å². The van der Waals surface area contributed by atoms with Gasteiger partial charge in [-0.2, -0.15) is 4.98 Å². The first-order valence-corrected chi connectivity index (χ1v) is 7.87. The molecule has 0 bridgehead atoms. The summed E-state index contributed by atoms with van der Waals surface area (Å²) in [5.41, 5.74) is 0.305. The van der Waals surface area contributed by atoms with E-state index in [1.807, 2.05) is 6.92 Å². The highest BCUT2D eigenvalue weighted by molar-refractivity contribution is 7.22. The van der Waals surface area contributed by atoms with Crippen molar-refractivity contribution < 1.29 is 4.79 Å². The second kappa shape index (κ2) is 5.80. The van der Waals surface area contributed by atoms with Gasteiger partial charge in [-0.25, -0.2) is 4.98 Å². The van der Waals surface area contributed by atoms with Crippen LogP contribution in [0.3, 0.4) is 0 Å². The molecule has 0 aromatic carbocycles. The molecule has 1 aliphatic rings. The summed E-state index contributed by atoms with van der Waals surface area (Å²) in [7, 11) is 0. The Bertz CT molecular complexity index is 710. The van der Waals surface area contributed by atoms with E-state index in [1.165, 1.54) is 17.7 Å². The Labute approximate surface area is 125 Å². The van der Waals surface area contributed by atoms with E-state index in [-0.39, 0.29) is 17.4 Å². The molecule has 0 spiro atoms. The summed E-state index contributed by atoms with van der Waals surface area (Å²) in [6.45, 7) is 4.07. The summed E-state index contributed by atoms with van der Waals surface area (Å²) in [5.74, 6) is 0.0799. The molecule has 7 nitrogen and oxygen atoms in total. The van der Waals surface area contributed by atoms with Crippen LogP contribution in [0, 0.1) is 5.92 Å². The second-order valence-corrected chi connectivity index (χ2v) is 6.04. The van der Waals surface area contributed by atoms with Crippen molar-refractivity contribution in [1.82, 2.24) is 20.3 Å². The van der Waals surface area contributed by atoms with Gasteiger partial charge >= 0.3 is 0 Å². The average Bonchev–Trinajstić information content (AvgIpc) is 2.93. The number of hydrogen-bond donors (Lipinski definition) is 2. The van der Waals surface area contributed by atoms with Gasteiger partial charge in [0.15, 0.2) is 10.8 Å². The second-order valence-electron chi connectivity index (χ2n) is 5.06. The van der Waals surface area contributed by atoms with Crippen molar-refractivity contribution >= 4 is 32.7 Å². The minimum atomic E-state index is -0.166. The van der Waals surface area contributed by atoms with E-state index in [9.17, 15) is 9.59 Å². The van der Waals surface area contributed by atoms with Gasteiger partial charge in [0.1, 0.15) is 4.70 Å². The van der Waals surface area contributed by atoms with Crippen molar-refractivity contribution in [3.05, 3.63) is 16.7 Å². The van der Waals surface area contributed by atoms with E-state index >= 15 is 0 Å². The van der Waals surface area contributed by atoms with Crippen molar-refractivity contribution in [3.8, 4) is 0 Å². The standard InChI is InChI=1S/C13H17N5O2S/c1-2-14-11(19)8-4-3-5-18(6-8)13-17-10-9(21-13)12(20)16-7-15-10/h7-8H,2-6H2,1H3,(H,14,19)(H,15,16,20). The molecule has 3 rings (SSSR count). The van der Waals surface area contributed by atoms with Crippen LogP contribution >= 0.6 is 11.3 Å². The van der Waals surface area contributed by atoms with Crippen molar-refractivity contribution in [2.24, 2.45) is 5.92 Å². The van der Waals surface area contributed by atoms with Crippen LogP contribution in [-0.4, -0.2) is 40.5 Å². The third-order valence-corrected chi connectivity index (χ3v) is 4.70. The number of nitrogens with zero attached hydrogens (tertiary/aromatic N) is 3. The molecule has 1 amide bonds. The van der Waals surface area contributed by atoms with Crippen LogP contribution < -0.4 is 15.8 Å². The predicted molar refractivity (Wildman–Crippen MR) is 81.7 cm³/mol. The molecule has 21 heavy (non-hydrogen) atoms. The number of carbonyl (C=O) groups is 1. The van der Waals surface area contributed by atoms with Gasteiger partial charge in [0, 0.05) is 19.6 Å². The van der Waals surface area contributed by atoms with Crippen molar-refractivity contribution in [2.45, 2.75) is 19.8 Å². The number of fused-ring (bicyclic) bond motifs is 1. The maximum absolute atomic E-state index is 12.0. The van der Waals surface area contributed by atoms with Gasteiger partial charge in [-0.3, -0.25) is 9.59 Å². The van der Waals surface area contributed by atoms with Crippen LogP contribution in [0.5, 0.6) is 0 Å². The molecule has 2 N–H and O–H groups in total. The van der Waals surface area contributed by atoms with Crippen molar-refractivity contribution in [1.29, 1.82) is 0 Å². The summed E-state index contributed by atoms with van der Waals surface area (Å²) in [5, 5.41) is 3.64. The Kier molecular flexibility index (Phi) is 3.87. The van der Waals surface area contributed by atoms with Crippen LogP contribution in [0.4, 0.5) is 5.13 Å². The monoisotopic (exact) mass is 307 g/mol. The van der Waals surface area contributed by atoms with Gasteiger partial charge in [-0.15, -0.1) is 0 Å². The SMILES string of the molecule is CCNC(=O)C1CCCN(c2nc3nc[nH]c(=O)c3s2)C1. The lowest BCUT2D eigenvalue weighted by Crippen LogP contribution is -2.43. The molecule has 1 aliphatic heterocycles. The molecule has 0 saturated carbocycles. The number of carbonyl (C=O) groups excluding carboxylic acids is 1. The maximum atomic E-state index is 12.0. The Balaban J connectivity index is 1.83. The Hall–Kier alpha value is -1.96. The van der Waals surface area contributed by atoms with Crippen molar-refractivity contribution in [2.75, 3.05) is 24.5 Å². The Morgan fingerprint density at radius 3 is 3.24 bits per heavy atom.